The molecule has 0 unspecified atom stereocenters. The van der Waals surface area contributed by atoms with E-state index in [1.807, 2.05) is 55.5 Å². The van der Waals surface area contributed by atoms with Crippen molar-refractivity contribution in [3.05, 3.63) is 97.8 Å². The molecule has 0 atom stereocenters. The van der Waals surface area contributed by atoms with Crippen LogP contribution in [0.4, 0.5) is 5.69 Å². The van der Waals surface area contributed by atoms with Crippen molar-refractivity contribution in [2.75, 3.05) is 13.2 Å². The maximum atomic E-state index is 13.1. The summed E-state index contributed by atoms with van der Waals surface area (Å²) in [6.45, 7) is 4.77. The van der Waals surface area contributed by atoms with Gasteiger partial charge in [0.2, 0.25) is 0 Å². The van der Waals surface area contributed by atoms with E-state index < -0.39 is 5.97 Å². The van der Waals surface area contributed by atoms with Crippen molar-refractivity contribution in [1.29, 1.82) is 0 Å². The van der Waals surface area contributed by atoms with Gasteiger partial charge in [-0.2, -0.15) is 0 Å². The highest BCUT2D eigenvalue weighted by molar-refractivity contribution is 9.10. The van der Waals surface area contributed by atoms with Crippen molar-refractivity contribution in [2.45, 2.75) is 20.5 Å². The van der Waals surface area contributed by atoms with E-state index in [2.05, 4.69) is 20.9 Å². The number of rotatable bonds is 8. The minimum absolute atomic E-state index is 0.122. The number of nitrogens with zero attached hydrogens (tertiary/aromatic N) is 2. The molecule has 3 aromatic rings. The predicted molar refractivity (Wildman–Crippen MR) is 152 cm³/mol. The number of hydrogen-bond donors (Lipinski definition) is 0. The molecular formula is C28H24BrClN2O4S. The minimum atomic E-state index is -0.405. The SMILES string of the molecule is CCOC(=O)c1cccc(N=C2SC(=Cc3ccc(OCc4ccccc4Cl)c(Br)c3)C(=O)N2CC)c1. The van der Waals surface area contributed by atoms with Crippen molar-refractivity contribution in [2.24, 2.45) is 4.99 Å². The van der Waals surface area contributed by atoms with Crippen molar-refractivity contribution in [1.82, 2.24) is 4.90 Å². The largest absolute Gasteiger partial charge is 0.488 e. The molecule has 1 heterocycles. The highest BCUT2D eigenvalue weighted by Crippen LogP contribution is 2.35. The Balaban J connectivity index is 1.52. The molecule has 3 aromatic carbocycles. The van der Waals surface area contributed by atoms with Crippen LogP contribution in [0.3, 0.4) is 0 Å². The molecule has 1 saturated heterocycles. The van der Waals surface area contributed by atoms with Crippen LogP contribution in [0.2, 0.25) is 5.02 Å². The van der Waals surface area contributed by atoms with Gasteiger partial charge in [0, 0.05) is 17.1 Å². The second kappa shape index (κ2) is 12.4. The van der Waals surface area contributed by atoms with Gasteiger partial charge < -0.3 is 9.47 Å². The molecule has 0 radical (unpaired) electrons. The first-order chi connectivity index (χ1) is 17.9. The number of aliphatic imine (C=N–C) groups is 1. The van der Waals surface area contributed by atoms with Gasteiger partial charge in [-0.1, -0.05) is 41.9 Å². The van der Waals surface area contributed by atoms with Gasteiger partial charge in [0.15, 0.2) is 5.17 Å². The maximum absolute atomic E-state index is 13.1. The lowest BCUT2D eigenvalue weighted by Crippen LogP contribution is -2.28. The summed E-state index contributed by atoms with van der Waals surface area (Å²) in [5, 5.41) is 1.21. The number of ether oxygens (including phenoxy) is 2. The first-order valence-corrected chi connectivity index (χ1v) is 13.6. The van der Waals surface area contributed by atoms with Crippen LogP contribution < -0.4 is 4.74 Å². The average molecular weight is 600 g/mol. The highest BCUT2D eigenvalue weighted by atomic mass is 79.9. The van der Waals surface area contributed by atoms with E-state index in [1.54, 1.807) is 36.1 Å². The first-order valence-electron chi connectivity index (χ1n) is 11.6. The van der Waals surface area contributed by atoms with Crippen molar-refractivity contribution >= 4 is 68.1 Å². The molecule has 37 heavy (non-hydrogen) atoms. The number of esters is 1. The van der Waals surface area contributed by atoms with Crippen molar-refractivity contribution < 1.29 is 19.1 Å². The molecule has 0 bridgehead atoms. The van der Waals surface area contributed by atoms with E-state index in [0.717, 1.165) is 15.6 Å². The lowest BCUT2D eigenvalue weighted by atomic mass is 10.2. The van der Waals surface area contributed by atoms with Crippen molar-refractivity contribution in [3.63, 3.8) is 0 Å². The summed E-state index contributed by atoms with van der Waals surface area (Å²) in [4.78, 5) is 32.0. The normalized spacial score (nSPS) is 15.5. The Morgan fingerprint density at radius 3 is 2.65 bits per heavy atom. The van der Waals surface area contributed by atoms with Gasteiger partial charge >= 0.3 is 5.97 Å². The van der Waals surface area contributed by atoms with E-state index in [-0.39, 0.29) is 5.91 Å². The Hall–Kier alpha value is -3.07. The molecule has 1 fully saturated rings. The topological polar surface area (TPSA) is 68.2 Å². The van der Waals surface area contributed by atoms with Crippen LogP contribution in [0.15, 0.2) is 81.1 Å². The van der Waals surface area contributed by atoms with Gasteiger partial charge in [-0.15, -0.1) is 0 Å². The van der Waals surface area contributed by atoms with Crippen LogP contribution in [0.5, 0.6) is 5.75 Å². The predicted octanol–water partition coefficient (Wildman–Crippen LogP) is 7.48. The van der Waals surface area contributed by atoms with E-state index in [0.29, 0.717) is 51.9 Å². The molecule has 0 N–H and O–H groups in total. The summed E-state index contributed by atoms with van der Waals surface area (Å²) < 4.78 is 11.8. The number of likely N-dealkylation sites (N-methyl/N-ethyl adjacent to an activating group) is 1. The van der Waals surface area contributed by atoms with Crippen LogP contribution >= 0.6 is 39.3 Å². The fourth-order valence-corrected chi connectivity index (χ4v) is 5.31. The number of thioether (sulfide) groups is 1. The summed E-state index contributed by atoms with van der Waals surface area (Å²) >= 11 is 11.1. The average Bonchev–Trinajstić information content (AvgIpc) is 3.18. The molecule has 1 aliphatic rings. The van der Waals surface area contributed by atoms with Crippen LogP contribution in [-0.2, 0) is 16.1 Å². The van der Waals surface area contributed by atoms with Crippen LogP contribution in [-0.4, -0.2) is 35.1 Å². The lowest BCUT2D eigenvalue weighted by Gasteiger charge is -2.12. The number of halogens is 2. The standard InChI is InChI=1S/C28H24BrClN2O4S/c1-3-32-26(33)25(37-28(32)31-21-10-7-9-19(16-21)27(34)35-4-2)15-18-12-13-24(22(29)14-18)36-17-20-8-5-6-11-23(20)30/h5-16H,3-4,17H2,1-2H3. The summed E-state index contributed by atoms with van der Waals surface area (Å²) in [5.74, 6) is 0.145. The molecule has 6 nitrogen and oxygen atoms in total. The molecule has 9 heteroatoms. The molecule has 0 aromatic heterocycles. The second-order valence-electron chi connectivity index (χ2n) is 7.90. The number of carbonyl (C=O) groups is 2. The molecule has 0 spiro atoms. The molecule has 1 aliphatic heterocycles. The maximum Gasteiger partial charge on any atom is 0.338 e. The van der Waals surface area contributed by atoms with Crippen LogP contribution in [0.25, 0.3) is 6.08 Å². The number of amidine groups is 1. The number of amides is 1. The lowest BCUT2D eigenvalue weighted by molar-refractivity contribution is -0.122. The molecular weight excluding hydrogens is 576 g/mol. The molecule has 190 valence electrons. The monoisotopic (exact) mass is 598 g/mol. The smallest absolute Gasteiger partial charge is 0.338 e. The molecule has 0 aliphatic carbocycles. The van der Waals surface area contributed by atoms with Gasteiger partial charge in [-0.25, -0.2) is 9.79 Å². The zero-order chi connectivity index (χ0) is 26.4. The van der Waals surface area contributed by atoms with E-state index >= 15 is 0 Å². The summed E-state index contributed by atoms with van der Waals surface area (Å²) in [7, 11) is 0. The van der Waals surface area contributed by atoms with Crippen LogP contribution in [0, 0.1) is 0 Å². The number of benzene rings is 3. The summed E-state index contributed by atoms with van der Waals surface area (Å²) in [6, 6.07) is 20.0. The Labute approximate surface area is 233 Å². The summed E-state index contributed by atoms with van der Waals surface area (Å²) in [6.07, 6.45) is 1.83. The highest BCUT2D eigenvalue weighted by Gasteiger charge is 2.32. The van der Waals surface area contributed by atoms with Crippen molar-refractivity contribution in [3.8, 4) is 5.75 Å². The molecule has 1 amide bonds. The first kappa shape index (κ1) is 27.0. The minimum Gasteiger partial charge on any atom is -0.488 e. The Morgan fingerprint density at radius 1 is 1.11 bits per heavy atom. The van der Waals surface area contributed by atoms with Crippen LogP contribution in [0.1, 0.15) is 35.3 Å². The van der Waals surface area contributed by atoms with Gasteiger partial charge in [0.25, 0.3) is 5.91 Å². The number of carbonyl (C=O) groups excluding carboxylic acids is 2. The Morgan fingerprint density at radius 2 is 1.92 bits per heavy atom. The molecule has 0 saturated carbocycles. The fourth-order valence-electron chi connectivity index (χ4n) is 3.54. The fraction of sp³-hybridized carbons (Fsp3) is 0.179. The summed E-state index contributed by atoms with van der Waals surface area (Å²) in [5.41, 5.74) is 2.73. The number of hydrogen-bond acceptors (Lipinski definition) is 6. The Kier molecular flexibility index (Phi) is 9.08. The molecule has 4 rings (SSSR count). The third-order valence-electron chi connectivity index (χ3n) is 5.38. The third-order valence-corrected chi connectivity index (χ3v) is 7.38. The van der Waals surface area contributed by atoms with E-state index in [9.17, 15) is 9.59 Å². The third kappa shape index (κ3) is 6.63. The van der Waals surface area contributed by atoms with E-state index in [1.165, 1.54) is 11.8 Å². The quantitative estimate of drug-likeness (QED) is 0.198. The Bertz CT molecular complexity index is 1390. The zero-order valence-corrected chi connectivity index (χ0v) is 23.4. The van der Waals surface area contributed by atoms with Gasteiger partial charge in [-0.05, 0) is 89.6 Å². The van der Waals surface area contributed by atoms with E-state index in [4.69, 9.17) is 21.1 Å². The van der Waals surface area contributed by atoms with Gasteiger partial charge in [-0.3, -0.25) is 9.69 Å². The second-order valence-corrected chi connectivity index (χ2v) is 10.2. The van der Waals surface area contributed by atoms with Gasteiger partial charge in [0.05, 0.1) is 27.2 Å². The zero-order valence-electron chi connectivity index (χ0n) is 20.2. The van der Waals surface area contributed by atoms with Gasteiger partial charge in [0.1, 0.15) is 12.4 Å².